The first-order valence-electron chi connectivity index (χ1n) is 6.40. The number of aromatic nitrogens is 1. The second kappa shape index (κ2) is 5.93. The molecule has 0 saturated heterocycles. The van der Waals surface area contributed by atoms with Crippen molar-refractivity contribution in [2.45, 2.75) is 0 Å². The summed E-state index contributed by atoms with van der Waals surface area (Å²) in [5.74, 6) is -0.240. The van der Waals surface area contributed by atoms with Gasteiger partial charge in [-0.15, -0.1) is 0 Å². The number of benzene rings is 2. The fourth-order valence-electron chi connectivity index (χ4n) is 2.06. The highest BCUT2D eigenvalue weighted by atomic mass is 79.9. The summed E-state index contributed by atoms with van der Waals surface area (Å²) in [7, 11) is 0. The average molecular weight is 342 g/mol. The van der Waals surface area contributed by atoms with E-state index in [1.165, 1.54) is 0 Å². The Morgan fingerprint density at radius 1 is 1.14 bits per heavy atom. The highest BCUT2D eigenvalue weighted by Crippen LogP contribution is 2.17. The largest absolute Gasteiger partial charge is 0.360 e. The molecule has 0 fully saturated rings. The number of H-pyrrole nitrogens is 1. The quantitative estimate of drug-likeness (QED) is 0.553. The molecule has 0 saturated carbocycles. The number of aromatic amines is 1. The molecule has 104 valence electrons. The summed E-state index contributed by atoms with van der Waals surface area (Å²) in [6.45, 7) is 0. The molecule has 0 atom stereocenters. The van der Waals surface area contributed by atoms with Gasteiger partial charge in [-0.2, -0.15) is 5.10 Å². The molecular formula is C16H12BrN3O. The summed E-state index contributed by atoms with van der Waals surface area (Å²) in [6, 6.07) is 15.3. The maximum atomic E-state index is 12.1. The normalized spacial score (nSPS) is 11.1. The van der Waals surface area contributed by atoms with Crippen molar-refractivity contribution in [1.29, 1.82) is 0 Å². The number of amides is 1. The molecule has 21 heavy (non-hydrogen) atoms. The van der Waals surface area contributed by atoms with E-state index in [-0.39, 0.29) is 5.91 Å². The number of hydrogen-bond donors (Lipinski definition) is 2. The second-order valence-electron chi connectivity index (χ2n) is 4.47. The van der Waals surface area contributed by atoms with E-state index < -0.39 is 0 Å². The molecule has 1 aromatic heterocycles. The summed E-state index contributed by atoms with van der Waals surface area (Å²) in [5, 5.41) is 4.88. The Morgan fingerprint density at radius 2 is 1.90 bits per heavy atom. The van der Waals surface area contributed by atoms with E-state index in [2.05, 4.69) is 31.4 Å². The second-order valence-corrected chi connectivity index (χ2v) is 5.32. The van der Waals surface area contributed by atoms with Crippen LogP contribution in [-0.4, -0.2) is 17.1 Å². The first kappa shape index (κ1) is 13.6. The predicted molar refractivity (Wildman–Crippen MR) is 87.5 cm³/mol. The number of nitrogens with one attached hydrogen (secondary N) is 2. The number of nitrogens with zero attached hydrogens (tertiary/aromatic N) is 1. The summed E-state index contributed by atoms with van der Waals surface area (Å²) >= 11 is 3.43. The molecule has 3 rings (SSSR count). The molecule has 0 aliphatic heterocycles. The molecule has 1 amide bonds. The van der Waals surface area contributed by atoms with Gasteiger partial charge in [0.05, 0.1) is 11.8 Å². The van der Waals surface area contributed by atoms with Crippen molar-refractivity contribution in [2.75, 3.05) is 0 Å². The minimum atomic E-state index is -0.240. The monoisotopic (exact) mass is 341 g/mol. The lowest BCUT2D eigenvalue weighted by atomic mass is 10.2. The fourth-order valence-corrected chi connectivity index (χ4v) is 2.45. The molecule has 4 nitrogen and oxygen atoms in total. The van der Waals surface area contributed by atoms with Crippen molar-refractivity contribution in [3.63, 3.8) is 0 Å². The Kier molecular flexibility index (Phi) is 3.83. The Bertz CT molecular complexity index is 823. The zero-order valence-corrected chi connectivity index (χ0v) is 12.6. The van der Waals surface area contributed by atoms with Crippen LogP contribution in [0.15, 0.2) is 64.3 Å². The average Bonchev–Trinajstić information content (AvgIpc) is 2.93. The number of hydrazone groups is 1. The van der Waals surface area contributed by atoms with E-state index in [0.717, 1.165) is 20.9 Å². The van der Waals surface area contributed by atoms with E-state index in [9.17, 15) is 4.79 Å². The minimum absolute atomic E-state index is 0.240. The Hall–Kier alpha value is -2.40. The molecule has 0 aliphatic carbocycles. The Morgan fingerprint density at radius 3 is 2.76 bits per heavy atom. The van der Waals surface area contributed by atoms with Gasteiger partial charge in [0.2, 0.25) is 0 Å². The van der Waals surface area contributed by atoms with Crippen molar-refractivity contribution < 1.29 is 4.79 Å². The van der Waals surface area contributed by atoms with Gasteiger partial charge in [0.25, 0.3) is 5.91 Å². The molecule has 0 bridgehead atoms. The van der Waals surface area contributed by atoms with Gasteiger partial charge in [0.1, 0.15) is 0 Å². The van der Waals surface area contributed by atoms with Gasteiger partial charge in [-0.1, -0.05) is 52.3 Å². The predicted octanol–water partition coefficient (Wildman–Crippen LogP) is 3.69. The number of rotatable bonds is 3. The minimum Gasteiger partial charge on any atom is -0.360 e. The molecule has 0 aliphatic rings. The van der Waals surface area contributed by atoms with Gasteiger partial charge < -0.3 is 4.98 Å². The third-order valence-electron chi connectivity index (χ3n) is 3.11. The molecule has 0 unspecified atom stereocenters. The van der Waals surface area contributed by atoms with Crippen LogP contribution >= 0.6 is 15.9 Å². The number of halogens is 1. The first-order chi connectivity index (χ1) is 10.3. The van der Waals surface area contributed by atoms with Crippen LogP contribution < -0.4 is 5.43 Å². The van der Waals surface area contributed by atoms with E-state index in [1.807, 2.05) is 48.5 Å². The maximum Gasteiger partial charge on any atom is 0.273 e. The zero-order valence-electron chi connectivity index (χ0n) is 11.0. The van der Waals surface area contributed by atoms with Crippen molar-refractivity contribution >= 4 is 39.0 Å². The van der Waals surface area contributed by atoms with Gasteiger partial charge in [-0.05, 0) is 12.1 Å². The van der Waals surface area contributed by atoms with Crippen LogP contribution in [0.2, 0.25) is 0 Å². The van der Waals surface area contributed by atoms with Crippen molar-refractivity contribution in [3.8, 4) is 0 Å². The summed E-state index contributed by atoms with van der Waals surface area (Å²) < 4.78 is 0.926. The number of carbonyl (C=O) groups is 1. The highest BCUT2D eigenvalue weighted by Gasteiger charge is 2.10. The molecular weight excluding hydrogens is 330 g/mol. The number of carbonyl (C=O) groups excluding carboxylic acids is 1. The number of fused-ring (bicyclic) bond motifs is 1. The summed E-state index contributed by atoms with van der Waals surface area (Å²) in [5.41, 5.74) is 4.95. The lowest BCUT2D eigenvalue weighted by molar-refractivity contribution is 0.0957. The van der Waals surface area contributed by atoms with Crippen LogP contribution in [0.25, 0.3) is 10.9 Å². The van der Waals surface area contributed by atoms with E-state index in [4.69, 9.17) is 0 Å². The summed E-state index contributed by atoms with van der Waals surface area (Å²) in [6.07, 6.45) is 3.30. The molecule has 3 aromatic rings. The van der Waals surface area contributed by atoms with Crippen molar-refractivity contribution in [2.24, 2.45) is 5.10 Å². The molecule has 5 heteroatoms. The number of para-hydroxylation sites is 1. The molecule has 2 N–H and O–H groups in total. The highest BCUT2D eigenvalue weighted by molar-refractivity contribution is 9.10. The third-order valence-corrected chi connectivity index (χ3v) is 3.83. The molecule has 1 heterocycles. The summed E-state index contributed by atoms with van der Waals surface area (Å²) in [4.78, 5) is 15.2. The van der Waals surface area contributed by atoms with Crippen LogP contribution in [0.4, 0.5) is 0 Å². The SMILES string of the molecule is O=C(N/N=C\c1ccccc1Br)c1c[nH]c2ccccc12. The molecule has 0 spiro atoms. The van der Waals surface area contributed by atoms with Gasteiger partial charge in [0, 0.05) is 27.1 Å². The van der Waals surface area contributed by atoms with Crippen molar-refractivity contribution in [1.82, 2.24) is 10.4 Å². The number of hydrogen-bond acceptors (Lipinski definition) is 2. The van der Waals surface area contributed by atoms with Gasteiger partial charge >= 0.3 is 0 Å². The fraction of sp³-hybridized carbons (Fsp3) is 0. The van der Waals surface area contributed by atoms with Crippen molar-refractivity contribution in [3.05, 3.63) is 70.3 Å². The zero-order chi connectivity index (χ0) is 14.7. The lowest BCUT2D eigenvalue weighted by Gasteiger charge is -1.99. The molecule has 2 aromatic carbocycles. The maximum absolute atomic E-state index is 12.1. The smallest absolute Gasteiger partial charge is 0.273 e. The van der Waals surface area contributed by atoms with Gasteiger partial charge in [0.15, 0.2) is 0 Å². The first-order valence-corrected chi connectivity index (χ1v) is 7.19. The van der Waals surface area contributed by atoms with Crippen LogP contribution in [0, 0.1) is 0 Å². The van der Waals surface area contributed by atoms with E-state index in [0.29, 0.717) is 5.56 Å². The molecule has 0 radical (unpaired) electrons. The topological polar surface area (TPSA) is 57.2 Å². The van der Waals surface area contributed by atoms with Gasteiger partial charge in [-0.3, -0.25) is 4.79 Å². The van der Waals surface area contributed by atoms with Gasteiger partial charge in [-0.25, -0.2) is 5.43 Å². The van der Waals surface area contributed by atoms with E-state index in [1.54, 1.807) is 12.4 Å². The standard InChI is InChI=1S/C16H12BrN3O/c17-14-7-3-1-5-11(14)9-19-20-16(21)13-10-18-15-8-4-2-6-12(13)15/h1-10,18H,(H,20,21)/b19-9-. The lowest BCUT2D eigenvalue weighted by Crippen LogP contribution is -2.17. The van der Waals surface area contributed by atoms with Crippen LogP contribution in [0.5, 0.6) is 0 Å². The Labute approximate surface area is 130 Å². The Balaban J connectivity index is 1.77. The van der Waals surface area contributed by atoms with Crippen LogP contribution in [0.3, 0.4) is 0 Å². The van der Waals surface area contributed by atoms with E-state index >= 15 is 0 Å². The third kappa shape index (κ3) is 2.87. The van der Waals surface area contributed by atoms with Crippen LogP contribution in [-0.2, 0) is 0 Å². The van der Waals surface area contributed by atoms with Crippen LogP contribution in [0.1, 0.15) is 15.9 Å².